The molecule has 0 saturated heterocycles. The Hall–Kier alpha value is -1.36. The molecule has 0 bridgehead atoms. The zero-order valence-electron chi connectivity index (χ0n) is 13.5. The molecule has 0 aliphatic heterocycles. The van der Waals surface area contributed by atoms with Crippen molar-refractivity contribution >= 4 is 5.91 Å². The molecular weight excluding hydrogens is 254 g/mol. The van der Waals surface area contributed by atoms with Crippen molar-refractivity contribution in [3.63, 3.8) is 0 Å². The minimum atomic E-state index is -0.855. The fraction of sp³-hybridized carbons (Fsp3) is 0.733. The first-order valence-electron chi connectivity index (χ1n) is 7.15. The molecule has 1 aromatic rings. The molecule has 0 aromatic carbocycles. The highest BCUT2D eigenvalue weighted by Crippen LogP contribution is 2.15. The van der Waals surface area contributed by atoms with Gasteiger partial charge < -0.3 is 10.0 Å². The summed E-state index contributed by atoms with van der Waals surface area (Å²) >= 11 is 0. The SMILES string of the molecule is CCN(CC(C)(C)O)C(=O)CCc1c(C)nn(C)c1C. The van der Waals surface area contributed by atoms with Crippen LogP contribution in [0.2, 0.25) is 0 Å². The van der Waals surface area contributed by atoms with Crippen molar-refractivity contribution in [3.05, 3.63) is 17.0 Å². The Kier molecular flexibility index (Phi) is 5.34. The number of aryl methyl sites for hydroxylation is 2. The highest BCUT2D eigenvalue weighted by Gasteiger charge is 2.21. The van der Waals surface area contributed by atoms with E-state index < -0.39 is 5.60 Å². The molecule has 5 nitrogen and oxygen atoms in total. The number of hydrogen-bond acceptors (Lipinski definition) is 3. The quantitative estimate of drug-likeness (QED) is 0.861. The van der Waals surface area contributed by atoms with Gasteiger partial charge in [0.05, 0.1) is 11.3 Å². The average Bonchev–Trinajstić information content (AvgIpc) is 2.57. The van der Waals surface area contributed by atoms with Gasteiger partial charge in [-0.05, 0) is 46.6 Å². The molecule has 0 atom stereocenters. The first kappa shape index (κ1) is 16.7. The Morgan fingerprint density at radius 2 is 2.00 bits per heavy atom. The van der Waals surface area contributed by atoms with Crippen molar-refractivity contribution < 1.29 is 9.90 Å². The van der Waals surface area contributed by atoms with E-state index >= 15 is 0 Å². The van der Waals surface area contributed by atoms with Gasteiger partial charge in [-0.15, -0.1) is 0 Å². The molecule has 1 heterocycles. The standard InChI is InChI=1S/C15H27N3O2/c1-7-18(10-15(4,5)20)14(19)9-8-13-11(2)16-17(6)12(13)3/h20H,7-10H2,1-6H3. The maximum Gasteiger partial charge on any atom is 0.222 e. The number of carbonyl (C=O) groups excluding carboxylic acids is 1. The molecule has 0 saturated carbocycles. The largest absolute Gasteiger partial charge is 0.389 e. The summed E-state index contributed by atoms with van der Waals surface area (Å²) < 4.78 is 1.85. The highest BCUT2D eigenvalue weighted by atomic mass is 16.3. The normalized spacial score (nSPS) is 11.8. The number of aromatic nitrogens is 2. The number of likely N-dealkylation sites (N-methyl/N-ethyl adjacent to an activating group) is 1. The fourth-order valence-corrected chi connectivity index (χ4v) is 2.41. The second kappa shape index (κ2) is 6.39. The number of aliphatic hydroxyl groups is 1. The molecule has 5 heteroatoms. The summed E-state index contributed by atoms with van der Waals surface area (Å²) in [4.78, 5) is 14.0. The van der Waals surface area contributed by atoms with Crippen molar-refractivity contribution in [1.82, 2.24) is 14.7 Å². The van der Waals surface area contributed by atoms with Gasteiger partial charge in [-0.3, -0.25) is 9.48 Å². The predicted molar refractivity (Wildman–Crippen MR) is 79.6 cm³/mol. The lowest BCUT2D eigenvalue weighted by Gasteiger charge is -2.28. The first-order valence-corrected chi connectivity index (χ1v) is 7.15. The third-order valence-electron chi connectivity index (χ3n) is 3.56. The van der Waals surface area contributed by atoms with Gasteiger partial charge in [-0.1, -0.05) is 0 Å². The van der Waals surface area contributed by atoms with Gasteiger partial charge in [0.2, 0.25) is 5.91 Å². The van der Waals surface area contributed by atoms with E-state index in [9.17, 15) is 9.90 Å². The van der Waals surface area contributed by atoms with Crippen LogP contribution in [0.25, 0.3) is 0 Å². The van der Waals surface area contributed by atoms with Crippen LogP contribution in [-0.2, 0) is 18.3 Å². The van der Waals surface area contributed by atoms with Crippen molar-refractivity contribution in [2.24, 2.45) is 7.05 Å². The fourth-order valence-electron chi connectivity index (χ4n) is 2.41. The number of amides is 1. The first-order chi connectivity index (χ1) is 9.15. The molecule has 0 spiro atoms. The summed E-state index contributed by atoms with van der Waals surface area (Å²) in [5.74, 6) is 0.0808. The predicted octanol–water partition coefficient (Wildman–Crippen LogP) is 1.59. The van der Waals surface area contributed by atoms with Crippen molar-refractivity contribution in [3.8, 4) is 0 Å². The van der Waals surface area contributed by atoms with Gasteiger partial charge in [-0.2, -0.15) is 5.10 Å². The highest BCUT2D eigenvalue weighted by molar-refractivity contribution is 5.76. The van der Waals surface area contributed by atoms with Crippen LogP contribution < -0.4 is 0 Å². The van der Waals surface area contributed by atoms with E-state index in [1.165, 1.54) is 0 Å². The van der Waals surface area contributed by atoms with E-state index in [0.29, 0.717) is 25.9 Å². The number of hydrogen-bond donors (Lipinski definition) is 1. The van der Waals surface area contributed by atoms with E-state index in [1.54, 1.807) is 18.7 Å². The van der Waals surface area contributed by atoms with Crippen LogP contribution in [0, 0.1) is 13.8 Å². The molecule has 1 amide bonds. The van der Waals surface area contributed by atoms with Crippen LogP contribution in [0.4, 0.5) is 0 Å². The molecule has 0 radical (unpaired) electrons. The van der Waals surface area contributed by atoms with Crippen LogP contribution in [0.15, 0.2) is 0 Å². The second-order valence-corrected chi connectivity index (χ2v) is 5.99. The Labute approximate surface area is 121 Å². The molecule has 0 unspecified atom stereocenters. The minimum Gasteiger partial charge on any atom is -0.389 e. The van der Waals surface area contributed by atoms with Gasteiger partial charge in [0, 0.05) is 32.3 Å². The van der Waals surface area contributed by atoms with Crippen molar-refractivity contribution in [2.75, 3.05) is 13.1 Å². The molecule has 20 heavy (non-hydrogen) atoms. The lowest BCUT2D eigenvalue weighted by molar-refractivity contribution is -0.133. The summed E-state index contributed by atoms with van der Waals surface area (Å²) in [6.45, 7) is 10.4. The number of carbonyl (C=O) groups is 1. The Bertz CT molecular complexity index is 472. The third-order valence-corrected chi connectivity index (χ3v) is 3.56. The molecule has 1 rings (SSSR count). The zero-order valence-corrected chi connectivity index (χ0v) is 13.5. The van der Waals surface area contributed by atoms with Crippen LogP contribution in [-0.4, -0.2) is 44.4 Å². The van der Waals surface area contributed by atoms with Crippen LogP contribution in [0.5, 0.6) is 0 Å². The molecular formula is C15H27N3O2. The van der Waals surface area contributed by atoms with Gasteiger partial charge >= 0.3 is 0 Å². The Morgan fingerprint density at radius 3 is 2.40 bits per heavy atom. The topological polar surface area (TPSA) is 58.4 Å². The maximum atomic E-state index is 12.2. The van der Waals surface area contributed by atoms with Gasteiger partial charge in [0.25, 0.3) is 0 Å². The van der Waals surface area contributed by atoms with E-state index in [-0.39, 0.29) is 5.91 Å². The molecule has 0 aliphatic rings. The lowest BCUT2D eigenvalue weighted by atomic mass is 10.1. The summed E-state index contributed by atoms with van der Waals surface area (Å²) in [6.07, 6.45) is 1.16. The average molecular weight is 281 g/mol. The van der Waals surface area contributed by atoms with Gasteiger partial charge in [-0.25, -0.2) is 0 Å². The second-order valence-electron chi connectivity index (χ2n) is 5.99. The molecule has 0 fully saturated rings. The van der Waals surface area contributed by atoms with E-state index in [1.807, 2.05) is 32.5 Å². The minimum absolute atomic E-state index is 0.0808. The van der Waals surface area contributed by atoms with Crippen molar-refractivity contribution in [2.45, 2.75) is 53.1 Å². The maximum absolute atomic E-state index is 12.2. The smallest absolute Gasteiger partial charge is 0.222 e. The summed E-state index contributed by atoms with van der Waals surface area (Å²) in [6, 6.07) is 0. The zero-order chi connectivity index (χ0) is 15.5. The van der Waals surface area contributed by atoms with E-state index in [4.69, 9.17) is 0 Å². The molecule has 114 valence electrons. The van der Waals surface area contributed by atoms with Gasteiger partial charge in [0.1, 0.15) is 0 Å². The number of nitrogens with zero attached hydrogens (tertiary/aromatic N) is 3. The Balaban J connectivity index is 2.66. The summed E-state index contributed by atoms with van der Waals surface area (Å²) in [7, 11) is 1.92. The lowest BCUT2D eigenvalue weighted by Crippen LogP contribution is -2.42. The van der Waals surface area contributed by atoms with Gasteiger partial charge in [0.15, 0.2) is 0 Å². The van der Waals surface area contributed by atoms with Crippen LogP contribution in [0.3, 0.4) is 0 Å². The third kappa shape index (κ3) is 4.34. The van der Waals surface area contributed by atoms with Crippen molar-refractivity contribution in [1.29, 1.82) is 0 Å². The Morgan fingerprint density at radius 1 is 1.40 bits per heavy atom. The summed E-state index contributed by atoms with van der Waals surface area (Å²) in [5.41, 5.74) is 2.40. The van der Waals surface area contributed by atoms with E-state index in [2.05, 4.69) is 5.10 Å². The van der Waals surface area contributed by atoms with Crippen LogP contribution in [0.1, 0.15) is 44.1 Å². The molecule has 1 N–H and O–H groups in total. The van der Waals surface area contributed by atoms with E-state index in [0.717, 1.165) is 17.0 Å². The molecule has 0 aliphatic carbocycles. The monoisotopic (exact) mass is 281 g/mol. The summed E-state index contributed by atoms with van der Waals surface area (Å²) in [5, 5.41) is 14.2. The molecule has 1 aromatic heterocycles. The van der Waals surface area contributed by atoms with Crippen LogP contribution >= 0.6 is 0 Å². The number of rotatable bonds is 6.